The molecule has 0 fully saturated rings. The van der Waals surface area contributed by atoms with Crippen LogP contribution in [-0.2, 0) is 17.9 Å². The number of esters is 1. The van der Waals surface area contributed by atoms with Crippen molar-refractivity contribution in [3.05, 3.63) is 69.6 Å². The minimum absolute atomic E-state index is 0.0861. The maximum Gasteiger partial charge on any atom is 0.359 e. The topological polar surface area (TPSA) is 87.5 Å². The summed E-state index contributed by atoms with van der Waals surface area (Å²) in [7, 11) is 1.51. The molecule has 7 heteroatoms. The molecule has 0 atom stereocenters. The van der Waals surface area contributed by atoms with Gasteiger partial charge in [-0.05, 0) is 37.6 Å². The molecule has 0 aliphatic rings. The first kappa shape index (κ1) is 21.2. The van der Waals surface area contributed by atoms with Crippen LogP contribution >= 0.6 is 0 Å². The predicted molar refractivity (Wildman–Crippen MR) is 113 cm³/mol. The van der Waals surface area contributed by atoms with Gasteiger partial charge in [-0.15, -0.1) is 0 Å². The van der Waals surface area contributed by atoms with Crippen LogP contribution in [0.3, 0.4) is 0 Å². The van der Waals surface area contributed by atoms with Gasteiger partial charge in [-0.25, -0.2) is 9.48 Å². The van der Waals surface area contributed by atoms with Crippen LogP contribution in [0.1, 0.15) is 53.1 Å². The van der Waals surface area contributed by atoms with E-state index in [9.17, 15) is 14.4 Å². The van der Waals surface area contributed by atoms with Gasteiger partial charge in [-0.2, -0.15) is 5.10 Å². The highest BCUT2D eigenvalue weighted by atomic mass is 16.5. The van der Waals surface area contributed by atoms with Gasteiger partial charge in [0.25, 0.3) is 5.56 Å². The van der Waals surface area contributed by atoms with Gasteiger partial charge in [0.05, 0.1) is 12.5 Å². The smallest absolute Gasteiger partial charge is 0.359 e. The van der Waals surface area contributed by atoms with E-state index in [2.05, 4.69) is 5.10 Å². The Morgan fingerprint density at radius 1 is 1.10 bits per heavy atom. The van der Waals surface area contributed by atoms with E-state index < -0.39 is 5.97 Å². The highest BCUT2D eigenvalue weighted by Gasteiger charge is 2.19. The van der Waals surface area contributed by atoms with E-state index >= 15 is 0 Å². The summed E-state index contributed by atoms with van der Waals surface area (Å²) in [6, 6.07) is 11.8. The Labute approximate surface area is 174 Å². The molecular weight excluding hydrogens is 384 g/mol. The zero-order chi connectivity index (χ0) is 21.7. The van der Waals surface area contributed by atoms with Crippen molar-refractivity contribution in [1.82, 2.24) is 9.78 Å². The van der Waals surface area contributed by atoms with Crippen molar-refractivity contribution in [2.24, 2.45) is 0 Å². The lowest BCUT2D eigenvalue weighted by molar-refractivity contribution is 0.0462. The molecule has 0 spiro atoms. The van der Waals surface area contributed by atoms with Crippen LogP contribution in [0.2, 0.25) is 0 Å². The Hall–Kier alpha value is -3.48. The number of carbonyl (C=O) groups is 2. The Balaban J connectivity index is 1.94. The van der Waals surface area contributed by atoms with Gasteiger partial charge in [-0.1, -0.05) is 31.5 Å². The van der Waals surface area contributed by atoms with Crippen molar-refractivity contribution in [1.29, 1.82) is 0 Å². The van der Waals surface area contributed by atoms with Crippen molar-refractivity contribution < 1.29 is 19.1 Å². The van der Waals surface area contributed by atoms with Crippen molar-refractivity contribution in [3.63, 3.8) is 0 Å². The fourth-order valence-electron chi connectivity index (χ4n) is 3.17. The second-order valence-corrected chi connectivity index (χ2v) is 6.93. The van der Waals surface area contributed by atoms with Gasteiger partial charge < -0.3 is 9.47 Å². The highest BCUT2D eigenvalue weighted by Crippen LogP contribution is 2.22. The van der Waals surface area contributed by atoms with E-state index in [0.29, 0.717) is 34.2 Å². The summed E-state index contributed by atoms with van der Waals surface area (Å²) < 4.78 is 12.1. The normalized spacial score (nSPS) is 10.8. The summed E-state index contributed by atoms with van der Waals surface area (Å²) in [4.78, 5) is 37.2. The predicted octanol–water partition coefficient (Wildman–Crippen LogP) is 3.76. The lowest BCUT2D eigenvalue weighted by Crippen LogP contribution is -2.26. The molecule has 3 aromatic rings. The third-order valence-corrected chi connectivity index (χ3v) is 4.83. The van der Waals surface area contributed by atoms with Crippen LogP contribution in [0, 0.1) is 0 Å². The van der Waals surface area contributed by atoms with Gasteiger partial charge in [0, 0.05) is 23.1 Å². The molecule has 1 aromatic heterocycles. The van der Waals surface area contributed by atoms with Crippen molar-refractivity contribution >= 4 is 22.5 Å². The molecule has 0 bridgehead atoms. The maximum absolute atomic E-state index is 12.9. The largest absolute Gasteiger partial charge is 0.496 e. The number of nitrogens with zero attached hydrogens (tertiary/aromatic N) is 2. The molecule has 0 N–H and O–H groups in total. The Morgan fingerprint density at radius 2 is 1.83 bits per heavy atom. The Morgan fingerprint density at radius 3 is 2.50 bits per heavy atom. The van der Waals surface area contributed by atoms with Crippen molar-refractivity contribution in [2.45, 2.75) is 39.8 Å². The summed E-state index contributed by atoms with van der Waals surface area (Å²) in [5, 5.41) is 5.15. The molecular formula is C23H24N2O5. The number of ether oxygens (including phenoxy) is 2. The van der Waals surface area contributed by atoms with E-state index in [1.54, 1.807) is 42.5 Å². The zero-order valence-electron chi connectivity index (χ0n) is 17.3. The number of carbonyl (C=O) groups excluding carboxylic acids is 2. The van der Waals surface area contributed by atoms with Crippen LogP contribution < -0.4 is 10.3 Å². The average molecular weight is 408 g/mol. The lowest BCUT2D eigenvalue weighted by atomic mass is 10.1. The first-order valence-corrected chi connectivity index (χ1v) is 9.81. The summed E-state index contributed by atoms with van der Waals surface area (Å²) in [6.45, 7) is 3.82. The lowest BCUT2D eigenvalue weighted by Gasteiger charge is -2.12. The Bertz CT molecular complexity index is 1150. The number of hydrogen-bond acceptors (Lipinski definition) is 6. The molecule has 0 amide bonds. The van der Waals surface area contributed by atoms with Crippen LogP contribution in [0.5, 0.6) is 5.75 Å². The standard InChI is InChI=1S/C23H24N2O5/c1-4-5-12-25-22(27)19-9-7-6-8-18(19)21(24-25)23(28)30-14-17-13-16(15(2)26)10-11-20(17)29-3/h6-11,13H,4-5,12,14H2,1-3H3. The first-order chi connectivity index (χ1) is 14.5. The second kappa shape index (κ2) is 9.35. The number of aryl methyl sites for hydroxylation is 1. The van der Waals surface area contributed by atoms with Gasteiger partial charge >= 0.3 is 5.97 Å². The highest BCUT2D eigenvalue weighted by molar-refractivity contribution is 6.02. The molecule has 156 valence electrons. The van der Waals surface area contributed by atoms with Crippen molar-refractivity contribution in [2.75, 3.05) is 7.11 Å². The number of methoxy groups -OCH3 is 1. The molecule has 0 saturated heterocycles. The fraction of sp³-hybridized carbons (Fsp3) is 0.304. The van der Waals surface area contributed by atoms with Gasteiger partial charge in [0.2, 0.25) is 0 Å². The third-order valence-electron chi connectivity index (χ3n) is 4.83. The molecule has 0 saturated carbocycles. The molecule has 0 radical (unpaired) electrons. The van der Waals surface area contributed by atoms with Crippen molar-refractivity contribution in [3.8, 4) is 5.75 Å². The second-order valence-electron chi connectivity index (χ2n) is 6.93. The monoisotopic (exact) mass is 408 g/mol. The van der Waals surface area contributed by atoms with Crippen LogP contribution in [-0.4, -0.2) is 28.6 Å². The average Bonchev–Trinajstić information content (AvgIpc) is 2.76. The van der Waals surface area contributed by atoms with Crippen LogP contribution in [0.4, 0.5) is 0 Å². The SMILES string of the molecule is CCCCn1nc(C(=O)OCc2cc(C(C)=O)ccc2OC)c2ccccc2c1=O. The minimum Gasteiger partial charge on any atom is -0.496 e. The van der Waals surface area contributed by atoms with Gasteiger partial charge in [0.1, 0.15) is 12.4 Å². The van der Waals surface area contributed by atoms with Gasteiger partial charge in [0.15, 0.2) is 11.5 Å². The van der Waals surface area contributed by atoms with E-state index in [4.69, 9.17) is 9.47 Å². The molecule has 0 aliphatic carbocycles. The van der Waals surface area contributed by atoms with Crippen LogP contribution in [0.25, 0.3) is 10.8 Å². The van der Waals surface area contributed by atoms with E-state index in [-0.39, 0.29) is 23.6 Å². The molecule has 0 unspecified atom stereocenters. The number of fused-ring (bicyclic) bond motifs is 1. The molecule has 1 heterocycles. The molecule has 0 aliphatic heterocycles. The molecule has 2 aromatic carbocycles. The summed E-state index contributed by atoms with van der Waals surface area (Å²) >= 11 is 0. The zero-order valence-corrected chi connectivity index (χ0v) is 17.3. The number of Topliss-reactive ketones (excluding diaryl/α,β-unsaturated/α-hetero) is 1. The van der Waals surface area contributed by atoms with E-state index in [0.717, 1.165) is 12.8 Å². The quantitative estimate of drug-likeness (QED) is 0.417. The van der Waals surface area contributed by atoms with E-state index in [1.807, 2.05) is 6.92 Å². The van der Waals surface area contributed by atoms with Gasteiger partial charge in [-0.3, -0.25) is 9.59 Å². The summed E-state index contributed by atoms with van der Waals surface area (Å²) in [5.74, 6) is -0.230. The Kier molecular flexibility index (Phi) is 6.61. The van der Waals surface area contributed by atoms with E-state index in [1.165, 1.54) is 18.7 Å². The first-order valence-electron chi connectivity index (χ1n) is 9.81. The molecule has 7 nitrogen and oxygen atoms in total. The molecule has 3 rings (SSSR count). The minimum atomic E-state index is -0.647. The number of rotatable bonds is 8. The number of unbranched alkanes of at least 4 members (excludes halogenated alkanes) is 1. The molecule has 30 heavy (non-hydrogen) atoms. The number of aromatic nitrogens is 2. The fourth-order valence-corrected chi connectivity index (χ4v) is 3.17. The number of hydrogen-bond donors (Lipinski definition) is 0. The van der Waals surface area contributed by atoms with Crippen LogP contribution in [0.15, 0.2) is 47.3 Å². The maximum atomic E-state index is 12.9. The number of ketones is 1. The third kappa shape index (κ3) is 4.40. The summed E-state index contributed by atoms with van der Waals surface area (Å²) in [5.41, 5.74) is 0.926. The number of benzene rings is 2. The summed E-state index contributed by atoms with van der Waals surface area (Å²) in [6.07, 6.45) is 1.67.